The first-order chi connectivity index (χ1) is 8.22. The van der Waals surface area contributed by atoms with Crippen LogP contribution in [0.3, 0.4) is 0 Å². The van der Waals surface area contributed by atoms with Gasteiger partial charge in [-0.2, -0.15) is 0 Å². The lowest BCUT2D eigenvalue weighted by molar-refractivity contribution is -0.148. The van der Waals surface area contributed by atoms with E-state index in [4.69, 9.17) is 9.47 Å². The number of carbonyl (C=O) groups is 2. The molecular weight excluding hydrogens is 224 g/mol. The zero-order valence-electron chi connectivity index (χ0n) is 10.2. The second kappa shape index (κ2) is 8.03. The van der Waals surface area contributed by atoms with Crippen LogP contribution in [0.15, 0.2) is 0 Å². The minimum atomic E-state index is -0.337. The first kappa shape index (κ1) is 13.9. The summed E-state index contributed by atoms with van der Waals surface area (Å²) in [6.07, 6.45) is 1.50. The Morgan fingerprint density at radius 1 is 1.59 bits per heavy atom. The number of rotatable bonds is 8. The summed E-state index contributed by atoms with van der Waals surface area (Å²) in [5.74, 6) is -0.217. The van der Waals surface area contributed by atoms with E-state index in [0.29, 0.717) is 26.2 Å². The molecule has 1 atom stereocenters. The van der Waals surface area contributed by atoms with E-state index >= 15 is 0 Å². The Morgan fingerprint density at radius 2 is 2.41 bits per heavy atom. The molecule has 0 bridgehead atoms. The maximum absolute atomic E-state index is 10.9. The lowest BCUT2D eigenvalue weighted by Crippen LogP contribution is -2.37. The summed E-state index contributed by atoms with van der Waals surface area (Å²) in [4.78, 5) is 21.8. The predicted octanol–water partition coefficient (Wildman–Crippen LogP) is -0.566. The molecule has 0 aromatic rings. The van der Waals surface area contributed by atoms with E-state index in [0.717, 1.165) is 13.0 Å². The molecule has 0 saturated carbocycles. The highest BCUT2D eigenvalue weighted by atomic mass is 16.6. The normalized spacial score (nSPS) is 19.1. The Balaban J connectivity index is 1.87. The molecule has 0 spiro atoms. The van der Waals surface area contributed by atoms with Crippen molar-refractivity contribution >= 4 is 11.9 Å². The van der Waals surface area contributed by atoms with E-state index < -0.39 is 0 Å². The molecule has 6 heteroatoms. The lowest BCUT2D eigenvalue weighted by Gasteiger charge is -2.11. The van der Waals surface area contributed by atoms with Crippen molar-refractivity contribution in [2.45, 2.75) is 25.8 Å². The van der Waals surface area contributed by atoms with Crippen molar-refractivity contribution in [1.82, 2.24) is 10.6 Å². The Bertz CT molecular complexity index is 258. The van der Waals surface area contributed by atoms with Crippen LogP contribution in [0.1, 0.15) is 19.8 Å². The molecule has 1 aliphatic rings. The highest BCUT2D eigenvalue weighted by Crippen LogP contribution is 2.04. The summed E-state index contributed by atoms with van der Waals surface area (Å²) in [6, 6.07) is 0.229. The molecule has 1 fully saturated rings. The fourth-order valence-electron chi connectivity index (χ4n) is 1.61. The molecule has 6 nitrogen and oxygen atoms in total. The summed E-state index contributed by atoms with van der Waals surface area (Å²) < 4.78 is 9.82. The largest absolute Gasteiger partial charge is 0.464 e. The van der Waals surface area contributed by atoms with Gasteiger partial charge in [-0.3, -0.25) is 4.79 Å². The number of esters is 1. The zero-order chi connectivity index (χ0) is 12.5. The topological polar surface area (TPSA) is 76.7 Å². The van der Waals surface area contributed by atoms with Crippen molar-refractivity contribution in [2.75, 3.05) is 32.9 Å². The second-order valence-electron chi connectivity index (χ2n) is 3.86. The molecule has 0 aromatic heterocycles. The van der Waals surface area contributed by atoms with Gasteiger partial charge in [0.25, 0.3) is 0 Å². The van der Waals surface area contributed by atoms with Gasteiger partial charge in [0.2, 0.25) is 5.91 Å². The van der Waals surface area contributed by atoms with Crippen molar-refractivity contribution in [3.8, 4) is 0 Å². The van der Waals surface area contributed by atoms with Gasteiger partial charge in [-0.1, -0.05) is 0 Å². The van der Waals surface area contributed by atoms with Crippen molar-refractivity contribution in [3.63, 3.8) is 0 Å². The number of hydrogen-bond donors (Lipinski definition) is 2. The molecule has 1 aliphatic heterocycles. The van der Waals surface area contributed by atoms with Gasteiger partial charge in [-0.05, 0) is 13.3 Å². The molecule has 0 radical (unpaired) electrons. The molecular formula is C11H20N2O4. The Hall–Kier alpha value is -1.14. The van der Waals surface area contributed by atoms with Crippen LogP contribution in [-0.4, -0.2) is 50.8 Å². The van der Waals surface area contributed by atoms with E-state index in [9.17, 15) is 9.59 Å². The van der Waals surface area contributed by atoms with Crippen LogP contribution in [-0.2, 0) is 19.1 Å². The molecule has 1 saturated heterocycles. The molecule has 1 amide bonds. The van der Waals surface area contributed by atoms with Crippen LogP contribution in [0.25, 0.3) is 0 Å². The molecule has 17 heavy (non-hydrogen) atoms. The number of nitrogens with one attached hydrogen (secondary N) is 2. The fourth-order valence-corrected chi connectivity index (χ4v) is 1.61. The van der Waals surface area contributed by atoms with Gasteiger partial charge in [0.1, 0.15) is 6.61 Å². The minimum Gasteiger partial charge on any atom is -0.464 e. The van der Waals surface area contributed by atoms with Crippen LogP contribution < -0.4 is 10.6 Å². The third kappa shape index (κ3) is 6.23. The summed E-state index contributed by atoms with van der Waals surface area (Å²) in [5, 5.41) is 6.03. The highest BCUT2D eigenvalue weighted by molar-refractivity contribution is 5.78. The van der Waals surface area contributed by atoms with E-state index in [1.165, 1.54) is 0 Å². The van der Waals surface area contributed by atoms with Crippen LogP contribution >= 0.6 is 0 Å². The fraction of sp³-hybridized carbons (Fsp3) is 0.818. The highest BCUT2D eigenvalue weighted by Gasteiger charge is 2.19. The predicted molar refractivity (Wildman–Crippen MR) is 61.5 cm³/mol. The van der Waals surface area contributed by atoms with Crippen molar-refractivity contribution in [3.05, 3.63) is 0 Å². The van der Waals surface area contributed by atoms with Crippen LogP contribution in [0.2, 0.25) is 0 Å². The zero-order valence-corrected chi connectivity index (χ0v) is 10.2. The van der Waals surface area contributed by atoms with Crippen molar-refractivity contribution in [1.29, 1.82) is 0 Å². The Morgan fingerprint density at radius 3 is 3.06 bits per heavy atom. The van der Waals surface area contributed by atoms with Crippen LogP contribution in [0.4, 0.5) is 0 Å². The molecule has 1 heterocycles. The van der Waals surface area contributed by atoms with Gasteiger partial charge in [0, 0.05) is 25.6 Å². The summed E-state index contributed by atoms with van der Waals surface area (Å²) in [6.45, 7) is 3.99. The van der Waals surface area contributed by atoms with E-state index in [-0.39, 0.29) is 24.5 Å². The van der Waals surface area contributed by atoms with E-state index in [2.05, 4.69) is 10.6 Å². The monoisotopic (exact) mass is 244 g/mol. The maximum atomic E-state index is 10.9. The van der Waals surface area contributed by atoms with E-state index in [1.54, 1.807) is 6.92 Å². The first-order valence-corrected chi connectivity index (χ1v) is 5.95. The molecule has 0 aromatic carbocycles. The summed E-state index contributed by atoms with van der Waals surface area (Å²) in [7, 11) is 0. The molecule has 0 aliphatic carbocycles. The lowest BCUT2D eigenvalue weighted by atomic mass is 10.2. The average molecular weight is 244 g/mol. The van der Waals surface area contributed by atoms with Gasteiger partial charge >= 0.3 is 5.97 Å². The molecule has 1 unspecified atom stereocenters. The van der Waals surface area contributed by atoms with Crippen LogP contribution in [0.5, 0.6) is 0 Å². The van der Waals surface area contributed by atoms with Gasteiger partial charge in [-0.15, -0.1) is 0 Å². The van der Waals surface area contributed by atoms with Crippen molar-refractivity contribution < 1.29 is 19.1 Å². The van der Waals surface area contributed by atoms with E-state index in [1.807, 2.05) is 0 Å². The third-order valence-corrected chi connectivity index (χ3v) is 2.42. The minimum absolute atomic E-state index is 0.00428. The number of carbonyl (C=O) groups excluding carboxylic acids is 2. The van der Waals surface area contributed by atoms with Gasteiger partial charge in [0.15, 0.2) is 0 Å². The maximum Gasteiger partial charge on any atom is 0.332 e. The molecule has 2 N–H and O–H groups in total. The quantitative estimate of drug-likeness (QED) is 0.442. The number of amides is 1. The van der Waals surface area contributed by atoms with Crippen molar-refractivity contribution in [2.24, 2.45) is 0 Å². The van der Waals surface area contributed by atoms with Crippen LogP contribution in [0, 0.1) is 0 Å². The summed E-state index contributed by atoms with van der Waals surface area (Å²) in [5.41, 5.74) is 0. The van der Waals surface area contributed by atoms with Gasteiger partial charge in [0.05, 0.1) is 13.2 Å². The molecule has 98 valence electrons. The standard InChI is InChI=1S/C11H20N2O4/c1-2-17-11(15)8-16-6-5-12-7-9-3-4-10(14)13-9/h9,12H,2-8H2,1H3,(H,13,14). The third-order valence-electron chi connectivity index (χ3n) is 2.42. The second-order valence-corrected chi connectivity index (χ2v) is 3.86. The Labute approximate surface area is 101 Å². The number of hydrogen-bond acceptors (Lipinski definition) is 5. The van der Waals surface area contributed by atoms with Gasteiger partial charge < -0.3 is 20.1 Å². The Kier molecular flexibility index (Phi) is 6.57. The average Bonchev–Trinajstić information content (AvgIpc) is 2.70. The van der Waals surface area contributed by atoms with Gasteiger partial charge in [-0.25, -0.2) is 4.79 Å². The molecule has 1 rings (SSSR count). The SMILES string of the molecule is CCOC(=O)COCCNCC1CCC(=O)N1. The first-order valence-electron chi connectivity index (χ1n) is 5.95. The number of ether oxygens (including phenoxy) is 2. The smallest absolute Gasteiger partial charge is 0.332 e. The summed E-state index contributed by atoms with van der Waals surface area (Å²) >= 11 is 0.